The van der Waals surface area contributed by atoms with Crippen molar-refractivity contribution in [3.05, 3.63) is 35.4 Å². The Bertz CT molecular complexity index is 635. The van der Waals surface area contributed by atoms with Crippen LogP contribution >= 0.6 is 0 Å². The first-order valence-corrected chi connectivity index (χ1v) is 8.16. The third-order valence-corrected chi connectivity index (χ3v) is 4.63. The van der Waals surface area contributed by atoms with Crippen LogP contribution in [0.2, 0.25) is 0 Å². The molecule has 0 N–H and O–H groups in total. The zero-order valence-corrected chi connectivity index (χ0v) is 12.9. The summed E-state index contributed by atoms with van der Waals surface area (Å²) >= 11 is 0. The van der Waals surface area contributed by atoms with E-state index in [2.05, 4.69) is 0 Å². The van der Waals surface area contributed by atoms with Gasteiger partial charge in [0.15, 0.2) is 0 Å². The van der Waals surface area contributed by atoms with Crippen LogP contribution in [0.3, 0.4) is 0 Å². The van der Waals surface area contributed by atoms with Crippen LogP contribution in [0.15, 0.2) is 24.3 Å². The predicted octanol–water partition coefficient (Wildman–Crippen LogP) is 1.27. The van der Waals surface area contributed by atoms with Gasteiger partial charge in [-0.15, -0.1) is 0 Å². The lowest BCUT2D eigenvalue weighted by molar-refractivity contribution is -0.143. The second kappa shape index (κ2) is 7.76. The minimum Gasteiger partial charge on any atom is -0.465 e. The monoisotopic (exact) mass is 310 g/mol. The Morgan fingerprint density at radius 1 is 1.38 bits per heavy atom. The number of benzene rings is 1. The van der Waals surface area contributed by atoms with E-state index in [0.29, 0.717) is 11.1 Å². The zero-order valence-electron chi connectivity index (χ0n) is 12.1. The Balaban J connectivity index is 2.87. The number of esters is 1. The lowest BCUT2D eigenvalue weighted by atomic mass is 10.2. The summed E-state index contributed by atoms with van der Waals surface area (Å²) in [5, 5.41) is 8.82. The van der Waals surface area contributed by atoms with Crippen molar-refractivity contribution in [2.45, 2.75) is 19.6 Å². The number of hydrogen-bond donors (Lipinski definition) is 0. The van der Waals surface area contributed by atoms with Gasteiger partial charge in [-0.05, 0) is 24.6 Å². The van der Waals surface area contributed by atoms with Gasteiger partial charge < -0.3 is 4.74 Å². The molecule has 0 aliphatic carbocycles. The number of nitrogens with zero attached hydrogens (tertiary/aromatic N) is 2. The molecule has 1 rings (SSSR count). The van der Waals surface area contributed by atoms with Crippen molar-refractivity contribution >= 4 is 16.0 Å². The largest absolute Gasteiger partial charge is 0.465 e. The van der Waals surface area contributed by atoms with Gasteiger partial charge in [-0.2, -0.15) is 9.57 Å². The summed E-state index contributed by atoms with van der Waals surface area (Å²) in [6.07, 6.45) is 0. The minimum atomic E-state index is -3.64. The number of carbonyl (C=O) groups excluding carboxylic acids is 1. The van der Waals surface area contributed by atoms with Gasteiger partial charge in [-0.25, -0.2) is 8.42 Å². The summed E-state index contributed by atoms with van der Waals surface area (Å²) in [6.45, 7) is 3.41. The molecule has 0 aliphatic rings. The summed E-state index contributed by atoms with van der Waals surface area (Å²) < 4.78 is 30.5. The third-order valence-electron chi connectivity index (χ3n) is 2.76. The van der Waals surface area contributed by atoms with E-state index >= 15 is 0 Å². The van der Waals surface area contributed by atoms with E-state index in [0.717, 1.165) is 4.31 Å². The Labute approximate surface area is 125 Å². The van der Waals surface area contributed by atoms with Gasteiger partial charge in [0, 0.05) is 6.54 Å². The molecule has 7 heteroatoms. The molecule has 0 atom stereocenters. The highest BCUT2D eigenvalue weighted by atomic mass is 32.2. The van der Waals surface area contributed by atoms with Gasteiger partial charge in [0.1, 0.15) is 6.54 Å². The molecule has 0 saturated heterocycles. The average Bonchev–Trinajstić information content (AvgIpc) is 2.44. The van der Waals surface area contributed by atoms with Gasteiger partial charge >= 0.3 is 5.97 Å². The molecule has 21 heavy (non-hydrogen) atoms. The lowest BCUT2D eigenvalue weighted by Gasteiger charge is -2.19. The second-order valence-electron chi connectivity index (χ2n) is 4.30. The number of sulfonamides is 1. The van der Waals surface area contributed by atoms with Crippen molar-refractivity contribution in [1.82, 2.24) is 4.31 Å². The highest BCUT2D eigenvalue weighted by Gasteiger charge is 2.24. The molecule has 114 valence electrons. The summed E-state index contributed by atoms with van der Waals surface area (Å²) in [7, 11) is -3.64. The maximum atomic E-state index is 12.3. The smallest absolute Gasteiger partial charge is 0.321 e. The van der Waals surface area contributed by atoms with Crippen molar-refractivity contribution in [2.75, 3.05) is 19.7 Å². The number of rotatable bonds is 7. The van der Waals surface area contributed by atoms with Crippen LogP contribution in [0.25, 0.3) is 0 Å². The topological polar surface area (TPSA) is 87.5 Å². The summed E-state index contributed by atoms with van der Waals surface area (Å²) in [4.78, 5) is 11.4. The fraction of sp³-hybridized carbons (Fsp3) is 0.429. The van der Waals surface area contributed by atoms with Crippen molar-refractivity contribution in [3.8, 4) is 6.07 Å². The van der Waals surface area contributed by atoms with Crippen LogP contribution in [0.1, 0.15) is 25.0 Å². The molecule has 1 aromatic carbocycles. The fourth-order valence-electron chi connectivity index (χ4n) is 1.79. The summed E-state index contributed by atoms with van der Waals surface area (Å²) in [6, 6.07) is 8.36. The van der Waals surface area contributed by atoms with E-state index in [1.165, 1.54) is 6.07 Å². The van der Waals surface area contributed by atoms with E-state index in [-0.39, 0.29) is 25.4 Å². The SMILES string of the molecule is CCOC(=O)CN(CC)S(=O)(=O)Cc1cccc(C#N)c1. The number of hydrogen-bond acceptors (Lipinski definition) is 5. The van der Waals surface area contributed by atoms with Gasteiger partial charge in [0.05, 0.1) is 24.0 Å². The first-order chi connectivity index (χ1) is 9.92. The van der Waals surface area contributed by atoms with Crippen molar-refractivity contribution in [2.24, 2.45) is 0 Å². The Kier molecular flexibility index (Phi) is 6.34. The van der Waals surface area contributed by atoms with Crippen molar-refractivity contribution in [3.63, 3.8) is 0 Å². The molecule has 0 radical (unpaired) electrons. The van der Waals surface area contributed by atoms with Crippen LogP contribution in [0.4, 0.5) is 0 Å². The predicted molar refractivity (Wildman–Crippen MR) is 77.7 cm³/mol. The van der Waals surface area contributed by atoms with Crippen LogP contribution in [0, 0.1) is 11.3 Å². The Morgan fingerprint density at radius 2 is 2.10 bits per heavy atom. The molecule has 0 unspecified atom stereocenters. The number of likely N-dealkylation sites (N-methyl/N-ethyl adjacent to an activating group) is 1. The van der Waals surface area contributed by atoms with E-state index in [4.69, 9.17) is 10.00 Å². The molecule has 6 nitrogen and oxygen atoms in total. The normalized spacial score (nSPS) is 11.1. The lowest BCUT2D eigenvalue weighted by Crippen LogP contribution is -2.37. The third kappa shape index (κ3) is 5.17. The average molecular weight is 310 g/mol. The molecule has 0 heterocycles. The van der Waals surface area contributed by atoms with Crippen molar-refractivity contribution < 1.29 is 17.9 Å². The molecule has 0 aliphatic heterocycles. The number of nitriles is 1. The van der Waals surface area contributed by atoms with Crippen LogP contribution in [0.5, 0.6) is 0 Å². The summed E-state index contributed by atoms with van der Waals surface area (Å²) in [5.41, 5.74) is 0.910. The van der Waals surface area contributed by atoms with Gasteiger partial charge in [0.2, 0.25) is 10.0 Å². The molecule has 0 spiro atoms. The first kappa shape index (κ1) is 17.1. The van der Waals surface area contributed by atoms with Gasteiger partial charge in [-0.1, -0.05) is 19.1 Å². The van der Waals surface area contributed by atoms with E-state index in [1.807, 2.05) is 6.07 Å². The van der Waals surface area contributed by atoms with Crippen molar-refractivity contribution in [1.29, 1.82) is 5.26 Å². The van der Waals surface area contributed by atoms with Gasteiger partial charge in [-0.3, -0.25) is 4.79 Å². The molecule has 0 fully saturated rings. The Morgan fingerprint density at radius 3 is 2.67 bits per heavy atom. The highest BCUT2D eigenvalue weighted by Crippen LogP contribution is 2.12. The summed E-state index contributed by atoms with van der Waals surface area (Å²) in [5.74, 6) is -0.829. The Hall–Kier alpha value is -1.91. The standard InChI is InChI=1S/C14H18N2O4S/c1-3-16(10-14(17)20-4-2)21(18,19)11-13-7-5-6-12(8-13)9-15/h5-8H,3-4,10-11H2,1-2H3. The fourth-order valence-corrected chi connectivity index (χ4v) is 3.27. The van der Waals surface area contributed by atoms with E-state index in [1.54, 1.807) is 32.0 Å². The molecule has 0 bridgehead atoms. The highest BCUT2D eigenvalue weighted by molar-refractivity contribution is 7.88. The second-order valence-corrected chi connectivity index (χ2v) is 6.27. The first-order valence-electron chi connectivity index (χ1n) is 6.55. The van der Waals surface area contributed by atoms with Crippen LogP contribution < -0.4 is 0 Å². The molecule has 0 aromatic heterocycles. The van der Waals surface area contributed by atoms with Crippen LogP contribution in [-0.2, 0) is 25.3 Å². The molecular formula is C14H18N2O4S. The maximum absolute atomic E-state index is 12.3. The van der Waals surface area contributed by atoms with E-state index < -0.39 is 16.0 Å². The molecule has 0 saturated carbocycles. The van der Waals surface area contributed by atoms with E-state index in [9.17, 15) is 13.2 Å². The number of carbonyl (C=O) groups is 1. The molecular weight excluding hydrogens is 292 g/mol. The quantitative estimate of drug-likeness (QED) is 0.708. The van der Waals surface area contributed by atoms with Crippen LogP contribution in [-0.4, -0.2) is 38.4 Å². The number of ether oxygens (including phenoxy) is 1. The molecule has 0 amide bonds. The van der Waals surface area contributed by atoms with Gasteiger partial charge in [0.25, 0.3) is 0 Å². The minimum absolute atomic E-state index is 0.180. The molecule has 1 aromatic rings. The zero-order chi connectivity index (χ0) is 15.9. The maximum Gasteiger partial charge on any atom is 0.321 e.